The quantitative estimate of drug-likeness (QED) is 0.862. The van der Waals surface area contributed by atoms with Gasteiger partial charge in [-0.05, 0) is 18.6 Å². The van der Waals surface area contributed by atoms with Crippen LogP contribution in [0.15, 0.2) is 36.7 Å². The summed E-state index contributed by atoms with van der Waals surface area (Å²) in [5.74, 6) is 1.14. The lowest BCUT2D eigenvalue weighted by Crippen LogP contribution is -2.37. The number of para-hydroxylation sites is 2. The molecule has 0 radical (unpaired) electrons. The van der Waals surface area contributed by atoms with Crippen LogP contribution in [-0.2, 0) is 16.1 Å². The number of aromatic nitrogens is 2. The largest absolute Gasteiger partial charge is 0.486 e. The maximum absolute atomic E-state index is 12.1. The number of hydrogen-bond donors (Lipinski definition) is 2. The second-order valence-electron chi connectivity index (χ2n) is 6.10. The molecule has 0 unspecified atom stereocenters. The van der Waals surface area contributed by atoms with Crippen molar-refractivity contribution in [2.75, 3.05) is 11.9 Å². The van der Waals surface area contributed by atoms with Gasteiger partial charge in [0.2, 0.25) is 11.8 Å². The monoisotopic (exact) mass is 342 g/mol. The number of carbonyl (C=O) groups is 2. The predicted molar refractivity (Wildman–Crippen MR) is 88.4 cm³/mol. The first-order chi connectivity index (χ1) is 12.2. The molecule has 2 N–H and O–H groups in total. The van der Waals surface area contributed by atoms with Crippen LogP contribution in [0.5, 0.6) is 11.5 Å². The molecule has 1 fully saturated rings. The molecule has 2 aliphatic rings. The first-order valence-corrected chi connectivity index (χ1v) is 8.18. The van der Waals surface area contributed by atoms with E-state index in [0.717, 1.165) is 11.5 Å². The van der Waals surface area contributed by atoms with Crippen molar-refractivity contribution >= 4 is 17.5 Å². The van der Waals surface area contributed by atoms with E-state index < -0.39 is 6.04 Å². The Morgan fingerprint density at radius 3 is 3.00 bits per heavy atom. The summed E-state index contributed by atoms with van der Waals surface area (Å²) in [5, 5.41) is 9.65. The Hall–Kier alpha value is -3.03. The van der Waals surface area contributed by atoms with Gasteiger partial charge in [0.1, 0.15) is 12.6 Å². The molecule has 1 aromatic heterocycles. The van der Waals surface area contributed by atoms with E-state index in [4.69, 9.17) is 9.47 Å². The average Bonchev–Trinajstić information content (AvgIpc) is 3.24. The summed E-state index contributed by atoms with van der Waals surface area (Å²) in [6.07, 6.45) is 4.06. The summed E-state index contributed by atoms with van der Waals surface area (Å²) < 4.78 is 13.3. The second-order valence-corrected chi connectivity index (χ2v) is 6.10. The number of hydrogen-bond acceptors (Lipinski definition) is 5. The van der Waals surface area contributed by atoms with Gasteiger partial charge in [-0.15, -0.1) is 0 Å². The number of amides is 2. The summed E-state index contributed by atoms with van der Waals surface area (Å²) in [4.78, 5) is 23.3. The first kappa shape index (κ1) is 15.5. The third kappa shape index (κ3) is 3.42. The average molecular weight is 342 g/mol. The van der Waals surface area contributed by atoms with Crippen molar-refractivity contribution in [3.05, 3.63) is 36.7 Å². The molecule has 2 amide bonds. The summed E-state index contributed by atoms with van der Waals surface area (Å²) in [5.41, 5.74) is 0.586. The Balaban J connectivity index is 1.34. The van der Waals surface area contributed by atoms with Crippen molar-refractivity contribution in [3.8, 4) is 11.5 Å². The van der Waals surface area contributed by atoms with Crippen LogP contribution < -0.4 is 20.1 Å². The number of ether oxygens (including phenoxy) is 2. The highest BCUT2D eigenvalue weighted by Crippen LogP contribution is 2.31. The first-order valence-electron chi connectivity index (χ1n) is 8.18. The lowest BCUT2D eigenvalue weighted by molar-refractivity contribution is -0.122. The Morgan fingerprint density at radius 1 is 1.36 bits per heavy atom. The van der Waals surface area contributed by atoms with E-state index in [9.17, 15) is 9.59 Å². The third-order valence-corrected chi connectivity index (χ3v) is 4.17. The molecule has 1 aromatic carbocycles. The van der Waals surface area contributed by atoms with Crippen LogP contribution in [0.4, 0.5) is 5.69 Å². The van der Waals surface area contributed by atoms with Crippen LogP contribution in [-0.4, -0.2) is 40.3 Å². The molecular formula is C17H18N4O4. The number of benzene rings is 1. The van der Waals surface area contributed by atoms with Gasteiger partial charge >= 0.3 is 0 Å². The molecule has 1 saturated heterocycles. The van der Waals surface area contributed by atoms with Crippen molar-refractivity contribution in [1.82, 2.24) is 15.1 Å². The number of nitrogens with one attached hydrogen (secondary N) is 2. The van der Waals surface area contributed by atoms with Crippen molar-refractivity contribution in [2.24, 2.45) is 0 Å². The molecular weight excluding hydrogens is 324 g/mol. The Bertz CT molecular complexity index is 803. The molecule has 2 atom stereocenters. The summed E-state index contributed by atoms with van der Waals surface area (Å²) >= 11 is 0. The summed E-state index contributed by atoms with van der Waals surface area (Å²) in [6.45, 7) is 0.942. The molecule has 25 heavy (non-hydrogen) atoms. The zero-order valence-corrected chi connectivity index (χ0v) is 13.5. The third-order valence-electron chi connectivity index (χ3n) is 4.17. The van der Waals surface area contributed by atoms with Gasteiger partial charge in [0.15, 0.2) is 17.6 Å². The van der Waals surface area contributed by atoms with E-state index in [2.05, 4.69) is 15.7 Å². The molecule has 130 valence electrons. The number of rotatable bonds is 4. The van der Waals surface area contributed by atoms with Crippen LogP contribution in [0.2, 0.25) is 0 Å². The second kappa shape index (κ2) is 6.46. The van der Waals surface area contributed by atoms with Crippen molar-refractivity contribution in [3.63, 3.8) is 0 Å². The lowest BCUT2D eigenvalue weighted by atomic mass is 10.2. The van der Waals surface area contributed by atoms with Crippen LogP contribution >= 0.6 is 0 Å². The molecule has 0 spiro atoms. The van der Waals surface area contributed by atoms with E-state index in [-0.39, 0.29) is 17.9 Å². The van der Waals surface area contributed by atoms with Crippen LogP contribution in [0, 0.1) is 0 Å². The van der Waals surface area contributed by atoms with E-state index in [1.165, 1.54) is 0 Å². The van der Waals surface area contributed by atoms with Gasteiger partial charge in [-0.1, -0.05) is 12.1 Å². The lowest BCUT2D eigenvalue weighted by Gasteiger charge is -2.26. The molecule has 3 heterocycles. The maximum Gasteiger partial charge on any atom is 0.247 e. The molecule has 0 aliphatic carbocycles. The summed E-state index contributed by atoms with van der Waals surface area (Å²) in [7, 11) is 0. The zero-order chi connectivity index (χ0) is 17.2. The fraction of sp³-hybridized carbons (Fsp3) is 0.353. The predicted octanol–water partition coefficient (Wildman–Crippen LogP) is 0.940. The van der Waals surface area contributed by atoms with Crippen LogP contribution in [0.3, 0.4) is 0 Å². The van der Waals surface area contributed by atoms with E-state index >= 15 is 0 Å². The van der Waals surface area contributed by atoms with Gasteiger partial charge in [-0.25, -0.2) is 0 Å². The highest BCUT2D eigenvalue weighted by atomic mass is 16.6. The standard InChI is InChI=1S/C17H18N4O4/c22-16-6-5-13(20-16)17(23)19-11-7-18-21(8-11)9-12-10-24-14-3-1-2-4-15(14)25-12/h1-4,7-8,12-13H,5-6,9-10H2,(H,19,23)(H,20,22)/t12-,13-/m1/s1. The molecule has 2 aromatic rings. The van der Waals surface area contributed by atoms with Gasteiger partial charge < -0.3 is 20.1 Å². The smallest absolute Gasteiger partial charge is 0.247 e. The fourth-order valence-electron chi connectivity index (χ4n) is 2.93. The van der Waals surface area contributed by atoms with E-state index in [0.29, 0.717) is 31.7 Å². The minimum absolute atomic E-state index is 0.0921. The highest BCUT2D eigenvalue weighted by molar-refractivity contribution is 5.98. The van der Waals surface area contributed by atoms with Crippen molar-refractivity contribution in [2.45, 2.75) is 31.5 Å². The number of carbonyl (C=O) groups excluding carboxylic acids is 2. The Labute approximate surface area is 144 Å². The number of fused-ring (bicyclic) bond motifs is 1. The topological polar surface area (TPSA) is 94.5 Å². The summed E-state index contributed by atoms with van der Waals surface area (Å²) in [6, 6.07) is 7.06. The van der Waals surface area contributed by atoms with Gasteiger partial charge in [0.25, 0.3) is 0 Å². The maximum atomic E-state index is 12.1. The molecule has 0 saturated carbocycles. The van der Waals surface area contributed by atoms with Crippen molar-refractivity contribution in [1.29, 1.82) is 0 Å². The van der Waals surface area contributed by atoms with E-state index in [1.54, 1.807) is 17.1 Å². The van der Waals surface area contributed by atoms with Crippen LogP contribution in [0.1, 0.15) is 12.8 Å². The number of anilines is 1. The van der Waals surface area contributed by atoms with Gasteiger partial charge in [-0.3, -0.25) is 14.3 Å². The molecule has 0 bridgehead atoms. The van der Waals surface area contributed by atoms with Gasteiger partial charge in [0.05, 0.1) is 18.4 Å². The van der Waals surface area contributed by atoms with Crippen molar-refractivity contribution < 1.29 is 19.1 Å². The molecule has 4 rings (SSSR count). The Morgan fingerprint density at radius 2 is 2.20 bits per heavy atom. The normalized spacial score (nSPS) is 21.7. The Kier molecular flexibility index (Phi) is 4.01. The minimum Gasteiger partial charge on any atom is -0.486 e. The zero-order valence-electron chi connectivity index (χ0n) is 13.5. The van der Waals surface area contributed by atoms with Gasteiger partial charge in [-0.2, -0.15) is 5.10 Å². The minimum atomic E-state index is -0.470. The number of nitrogens with zero attached hydrogens (tertiary/aromatic N) is 2. The molecule has 2 aliphatic heterocycles. The van der Waals surface area contributed by atoms with Gasteiger partial charge in [0, 0.05) is 12.6 Å². The highest BCUT2D eigenvalue weighted by Gasteiger charge is 2.27. The van der Waals surface area contributed by atoms with E-state index in [1.807, 2.05) is 24.3 Å². The molecule has 8 heteroatoms. The van der Waals surface area contributed by atoms with Crippen LogP contribution in [0.25, 0.3) is 0 Å². The fourth-order valence-corrected chi connectivity index (χ4v) is 2.93. The molecule has 8 nitrogen and oxygen atoms in total. The SMILES string of the molecule is O=C1CC[C@H](C(=O)Nc2cnn(C[C@@H]3COc4ccccc4O3)c2)N1.